The minimum Gasteiger partial charge on any atom is -0.497 e. The number of ether oxygens (including phenoxy) is 3. The molecule has 0 saturated carbocycles. The van der Waals surface area contributed by atoms with Crippen molar-refractivity contribution in [1.82, 2.24) is 4.90 Å². The molecule has 0 saturated heterocycles. The highest BCUT2D eigenvalue weighted by atomic mass is 16.6. The number of benzene rings is 2. The highest BCUT2D eigenvalue weighted by Crippen LogP contribution is 2.31. The van der Waals surface area contributed by atoms with E-state index in [1.807, 2.05) is 25.2 Å². The summed E-state index contributed by atoms with van der Waals surface area (Å²) in [5, 5.41) is 2.83. The maximum absolute atomic E-state index is 12.6. The number of hydrogen-bond donors (Lipinski definition) is 2. The van der Waals surface area contributed by atoms with Gasteiger partial charge in [0.2, 0.25) is 0 Å². The van der Waals surface area contributed by atoms with Crippen molar-refractivity contribution in [1.29, 1.82) is 0 Å². The number of nitrogens with zero attached hydrogens (tertiary/aromatic N) is 1. The third-order valence-corrected chi connectivity index (χ3v) is 4.74. The molecule has 0 aliphatic carbocycles. The van der Waals surface area contributed by atoms with Gasteiger partial charge in [-0.25, -0.2) is 0 Å². The summed E-state index contributed by atoms with van der Waals surface area (Å²) in [6, 6.07) is 12.8. The molecule has 0 spiro atoms. The smallest absolute Gasteiger partial charge is 0.279 e. The molecule has 2 N–H and O–H groups in total. The minimum atomic E-state index is -0.153. The Bertz CT molecular complexity index is 885. The van der Waals surface area contributed by atoms with Gasteiger partial charge in [0, 0.05) is 19.3 Å². The van der Waals surface area contributed by atoms with Crippen LogP contribution in [0.4, 0.5) is 5.69 Å². The Kier molecular flexibility index (Phi) is 7.13. The molecule has 3 rings (SSSR count). The molecule has 0 fully saturated rings. The fraction of sp³-hybridized carbons (Fsp3) is 0.364. The third-order valence-electron chi connectivity index (χ3n) is 4.74. The van der Waals surface area contributed by atoms with Crippen molar-refractivity contribution in [2.45, 2.75) is 6.54 Å². The Morgan fingerprint density at radius 3 is 2.47 bits per heavy atom. The molecule has 30 heavy (non-hydrogen) atoms. The zero-order valence-electron chi connectivity index (χ0n) is 17.6. The molecule has 1 aliphatic heterocycles. The van der Waals surface area contributed by atoms with Gasteiger partial charge >= 0.3 is 0 Å². The van der Waals surface area contributed by atoms with Crippen LogP contribution in [0.1, 0.15) is 5.56 Å². The first-order chi connectivity index (χ1) is 14.4. The predicted octanol–water partition coefficient (Wildman–Crippen LogP) is 0.578. The maximum atomic E-state index is 12.6. The van der Waals surface area contributed by atoms with E-state index in [-0.39, 0.29) is 24.9 Å². The number of methoxy groups -OCH3 is 1. The molecule has 2 aromatic rings. The first-order valence-corrected chi connectivity index (χ1v) is 9.82. The SMILES string of the molecule is COc1ccc(NC(=O)C[NH+](C)CC(=O)N(C)Cc2ccc3c(c2)OCCO3)cc1. The lowest BCUT2D eigenvalue weighted by Gasteiger charge is -2.22. The van der Waals surface area contributed by atoms with Crippen LogP contribution in [-0.2, 0) is 16.1 Å². The summed E-state index contributed by atoms with van der Waals surface area (Å²) in [6.45, 7) is 1.94. The number of fused-ring (bicyclic) bond motifs is 1. The van der Waals surface area contributed by atoms with Crippen LogP contribution in [0.25, 0.3) is 0 Å². The van der Waals surface area contributed by atoms with Crippen LogP contribution in [-0.4, -0.2) is 64.2 Å². The summed E-state index contributed by atoms with van der Waals surface area (Å²) in [7, 11) is 5.17. The number of rotatable bonds is 8. The van der Waals surface area contributed by atoms with Gasteiger partial charge in [-0.1, -0.05) is 6.07 Å². The number of carbonyl (C=O) groups is 2. The van der Waals surface area contributed by atoms with Crippen LogP contribution >= 0.6 is 0 Å². The monoisotopic (exact) mass is 414 g/mol. The number of quaternary nitrogens is 1. The second-order valence-electron chi connectivity index (χ2n) is 7.32. The van der Waals surface area contributed by atoms with Crippen LogP contribution < -0.4 is 24.4 Å². The molecule has 2 aromatic carbocycles. The van der Waals surface area contributed by atoms with Crippen LogP contribution in [0.5, 0.6) is 17.2 Å². The molecule has 1 atom stereocenters. The van der Waals surface area contributed by atoms with E-state index >= 15 is 0 Å². The second-order valence-corrected chi connectivity index (χ2v) is 7.32. The summed E-state index contributed by atoms with van der Waals surface area (Å²) in [4.78, 5) is 27.3. The van der Waals surface area contributed by atoms with Crippen molar-refractivity contribution < 1.29 is 28.7 Å². The largest absolute Gasteiger partial charge is 0.497 e. The first kappa shape index (κ1) is 21.4. The van der Waals surface area contributed by atoms with E-state index in [0.717, 1.165) is 22.0 Å². The Hall–Kier alpha value is -3.26. The van der Waals surface area contributed by atoms with Crippen molar-refractivity contribution in [3.8, 4) is 17.2 Å². The molecule has 8 nitrogen and oxygen atoms in total. The summed E-state index contributed by atoms with van der Waals surface area (Å²) >= 11 is 0. The number of carbonyl (C=O) groups excluding carboxylic acids is 2. The lowest BCUT2D eigenvalue weighted by atomic mass is 10.2. The molecule has 2 amide bonds. The molecule has 1 unspecified atom stereocenters. The Labute approximate surface area is 176 Å². The molecule has 0 radical (unpaired) electrons. The fourth-order valence-corrected chi connectivity index (χ4v) is 3.16. The van der Waals surface area contributed by atoms with E-state index in [4.69, 9.17) is 14.2 Å². The zero-order chi connectivity index (χ0) is 21.5. The lowest BCUT2D eigenvalue weighted by Crippen LogP contribution is -3.11. The van der Waals surface area contributed by atoms with Gasteiger partial charge in [-0.15, -0.1) is 0 Å². The third kappa shape index (κ3) is 5.87. The van der Waals surface area contributed by atoms with E-state index in [9.17, 15) is 9.59 Å². The second kappa shape index (κ2) is 9.98. The Morgan fingerprint density at radius 2 is 1.77 bits per heavy atom. The van der Waals surface area contributed by atoms with Crippen molar-refractivity contribution in [2.24, 2.45) is 0 Å². The summed E-state index contributed by atoms with van der Waals surface area (Å²) in [5.41, 5.74) is 1.65. The van der Waals surface area contributed by atoms with Gasteiger partial charge in [0.1, 0.15) is 19.0 Å². The highest BCUT2D eigenvalue weighted by molar-refractivity contribution is 5.91. The molecule has 0 aromatic heterocycles. The normalized spacial score (nSPS) is 13.3. The van der Waals surface area contributed by atoms with Crippen LogP contribution in [0.15, 0.2) is 42.5 Å². The van der Waals surface area contributed by atoms with Gasteiger partial charge in [0.15, 0.2) is 24.6 Å². The molecular formula is C22H28N3O5+. The average Bonchev–Trinajstić information content (AvgIpc) is 2.74. The number of hydrogen-bond acceptors (Lipinski definition) is 5. The van der Waals surface area contributed by atoms with Gasteiger partial charge in [-0.05, 0) is 42.0 Å². The summed E-state index contributed by atoms with van der Waals surface area (Å²) in [5.74, 6) is 1.96. The fourth-order valence-electron chi connectivity index (χ4n) is 3.16. The topological polar surface area (TPSA) is 81.5 Å². The summed E-state index contributed by atoms with van der Waals surface area (Å²) < 4.78 is 16.2. The van der Waals surface area contributed by atoms with Crippen LogP contribution in [0.2, 0.25) is 0 Å². The quantitative estimate of drug-likeness (QED) is 0.661. The van der Waals surface area contributed by atoms with Crippen molar-refractivity contribution in [3.05, 3.63) is 48.0 Å². The van der Waals surface area contributed by atoms with Gasteiger partial charge in [-0.3, -0.25) is 9.59 Å². The maximum Gasteiger partial charge on any atom is 0.279 e. The first-order valence-electron chi connectivity index (χ1n) is 9.82. The van der Waals surface area contributed by atoms with Gasteiger partial charge < -0.3 is 29.3 Å². The van der Waals surface area contributed by atoms with E-state index < -0.39 is 0 Å². The number of amides is 2. The number of likely N-dealkylation sites (N-methyl/N-ethyl adjacent to an activating group) is 2. The van der Waals surface area contributed by atoms with E-state index in [1.165, 1.54) is 0 Å². The molecule has 1 aliphatic rings. The zero-order valence-corrected chi connectivity index (χ0v) is 17.6. The molecule has 1 heterocycles. The summed E-state index contributed by atoms with van der Waals surface area (Å²) in [6.07, 6.45) is 0. The van der Waals surface area contributed by atoms with Gasteiger partial charge in [0.05, 0.1) is 14.2 Å². The molecule has 0 bridgehead atoms. The highest BCUT2D eigenvalue weighted by Gasteiger charge is 2.19. The van der Waals surface area contributed by atoms with E-state index in [0.29, 0.717) is 31.2 Å². The molecular weight excluding hydrogens is 386 g/mol. The Balaban J connectivity index is 1.46. The van der Waals surface area contributed by atoms with Crippen LogP contribution in [0, 0.1) is 0 Å². The number of nitrogens with one attached hydrogen (secondary N) is 2. The molecule has 160 valence electrons. The van der Waals surface area contributed by atoms with E-state index in [1.54, 1.807) is 43.3 Å². The Morgan fingerprint density at radius 1 is 1.07 bits per heavy atom. The molecule has 8 heteroatoms. The van der Waals surface area contributed by atoms with Crippen molar-refractivity contribution >= 4 is 17.5 Å². The predicted molar refractivity (Wildman–Crippen MR) is 112 cm³/mol. The average molecular weight is 414 g/mol. The van der Waals surface area contributed by atoms with Gasteiger partial charge in [-0.2, -0.15) is 0 Å². The minimum absolute atomic E-state index is 0.0420. The lowest BCUT2D eigenvalue weighted by molar-refractivity contribution is -0.862. The van der Waals surface area contributed by atoms with E-state index in [2.05, 4.69) is 5.32 Å². The number of anilines is 1. The van der Waals surface area contributed by atoms with Crippen molar-refractivity contribution in [2.75, 3.05) is 52.8 Å². The van der Waals surface area contributed by atoms with Crippen LogP contribution in [0.3, 0.4) is 0 Å². The van der Waals surface area contributed by atoms with Crippen molar-refractivity contribution in [3.63, 3.8) is 0 Å². The standard InChI is InChI=1S/C22H27N3O5/c1-24(14-21(26)23-17-5-7-18(28-3)8-6-17)15-22(27)25(2)13-16-4-9-19-20(12-16)30-11-10-29-19/h4-9,12H,10-11,13-15H2,1-3H3,(H,23,26)/p+1. The van der Waals surface area contributed by atoms with Gasteiger partial charge in [0.25, 0.3) is 11.8 Å².